The molecule has 1 aromatic carbocycles. The second kappa shape index (κ2) is 6.52. The van der Waals surface area contributed by atoms with Gasteiger partial charge in [-0.05, 0) is 44.0 Å². The van der Waals surface area contributed by atoms with Crippen molar-refractivity contribution in [2.75, 3.05) is 25.4 Å². The van der Waals surface area contributed by atoms with Gasteiger partial charge in [0.25, 0.3) is 0 Å². The van der Waals surface area contributed by atoms with Gasteiger partial charge >= 0.3 is 0 Å². The van der Waals surface area contributed by atoms with E-state index in [1.165, 1.54) is 18.9 Å². The zero-order valence-corrected chi connectivity index (χ0v) is 14.0. The minimum absolute atomic E-state index is 0.155. The molecular weight excluding hydrogens is 310 g/mol. The molecule has 1 aliphatic carbocycles. The van der Waals surface area contributed by atoms with Crippen LogP contribution in [0.1, 0.15) is 25.3 Å². The third kappa shape index (κ3) is 4.10. The van der Waals surface area contributed by atoms with Crippen molar-refractivity contribution in [3.8, 4) is 0 Å². The van der Waals surface area contributed by atoms with Crippen LogP contribution in [-0.4, -0.2) is 39.0 Å². The Morgan fingerprint density at radius 3 is 2.67 bits per heavy atom. The number of benzene rings is 1. The molecule has 1 saturated carbocycles. The smallest absolute Gasteiger partial charge is 0.241 e. The van der Waals surface area contributed by atoms with Crippen molar-refractivity contribution in [1.82, 2.24) is 9.62 Å². The van der Waals surface area contributed by atoms with E-state index in [9.17, 15) is 8.42 Å². The molecule has 0 bridgehead atoms. The summed E-state index contributed by atoms with van der Waals surface area (Å²) in [5, 5.41) is 0.326. The average molecular weight is 332 g/mol. The van der Waals surface area contributed by atoms with Gasteiger partial charge in [-0.15, -0.1) is 0 Å². The summed E-state index contributed by atoms with van der Waals surface area (Å²) >= 11 is 5.90. The molecule has 0 aliphatic heterocycles. The van der Waals surface area contributed by atoms with Gasteiger partial charge in [-0.2, -0.15) is 0 Å². The maximum Gasteiger partial charge on any atom is 0.241 e. The molecule has 0 unspecified atom stereocenters. The van der Waals surface area contributed by atoms with Crippen LogP contribution >= 0.6 is 11.6 Å². The highest BCUT2D eigenvalue weighted by atomic mass is 35.5. The monoisotopic (exact) mass is 331 g/mol. The van der Waals surface area contributed by atoms with Crippen molar-refractivity contribution in [2.24, 2.45) is 0 Å². The van der Waals surface area contributed by atoms with Gasteiger partial charge in [0.15, 0.2) is 0 Å². The molecule has 0 heterocycles. The number of hydrogen-bond acceptors (Lipinski definition) is 4. The first-order chi connectivity index (χ1) is 9.85. The summed E-state index contributed by atoms with van der Waals surface area (Å²) in [7, 11) is -3.59. The molecule has 3 N–H and O–H groups in total. The number of nitrogens with zero attached hydrogens (tertiary/aromatic N) is 1. The van der Waals surface area contributed by atoms with E-state index < -0.39 is 10.0 Å². The fraction of sp³-hybridized carbons (Fsp3) is 0.571. The molecule has 1 aromatic rings. The molecule has 0 radical (unpaired) electrons. The fourth-order valence-corrected chi connectivity index (χ4v) is 4.00. The van der Waals surface area contributed by atoms with Gasteiger partial charge in [0.05, 0.1) is 4.90 Å². The molecule has 118 valence electrons. The van der Waals surface area contributed by atoms with E-state index in [-0.39, 0.29) is 4.90 Å². The number of nitrogens with one attached hydrogen (secondary N) is 1. The Morgan fingerprint density at radius 1 is 1.43 bits per heavy atom. The summed E-state index contributed by atoms with van der Waals surface area (Å²) in [5.41, 5.74) is 6.69. The Hall–Kier alpha value is -0.820. The predicted octanol–water partition coefficient (Wildman–Crippen LogP) is 1.99. The largest absolute Gasteiger partial charge is 0.398 e. The maximum atomic E-state index is 12.4. The zero-order chi connectivity index (χ0) is 15.6. The van der Waals surface area contributed by atoms with Gasteiger partial charge in [-0.25, -0.2) is 13.1 Å². The van der Waals surface area contributed by atoms with Crippen molar-refractivity contribution in [3.05, 3.63) is 22.7 Å². The van der Waals surface area contributed by atoms with Gasteiger partial charge in [0, 0.05) is 29.8 Å². The molecule has 0 atom stereocenters. The molecular formula is C14H22ClN3O2S. The first kappa shape index (κ1) is 16.5. The van der Waals surface area contributed by atoms with Gasteiger partial charge in [0.1, 0.15) is 0 Å². The molecule has 0 amide bonds. The van der Waals surface area contributed by atoms with E-state index in [2.05, 4.69) is 16.5 Å². The first-order valence-corrected chi connectivity index (χ1v) is 9.00. The molecule has 0 spiro atoms. The Balaban J connectivity index is 2.04. The Bertz CT molecular complexity index is 615. The van der Waals surface area contributed by atoms with Crippen molar-refractivity contribution in [3.63, 3.8) is 0 Å². The quantitative estimate of drug-likeness (QED) is 0.749. The summed E-state index contributed by atoms with van der Waals surface area (Å²) in [6.45, 7) is 5.82. The minimum Gasteiger partial charge on any atom is -0.398 e. The fourth-order valence-electron chi connectivity index (χ4n) is 2.39. The number of likely N-dealkylation sites (N-methyl/N-ethyl adjacent to an activating group) is 1. The van der Waals surface area contributed by atoms with Crippen LogP contribution in [0.15, 0.2) is 17.0 Å². The van der Waals surface area contributed by atoms with Crippen LogP contribution in [0.5, 0.6) is 0 Å². The molecule has 1 aliphatic rings. The van der Waals surface area contributed by atoms with Gasteiger partial charge in [0.2, 0.25) is 10.0 Å². The van der Waals surface area contributed by atoms with Crippen molar-refractivity contribution >= 4 is 27.3 Å². The lowest BCUT2D eigenvalue weighted by Crippen LogP contribution is -2.36. The number of anilines is 1. The Kier molecular flexibility index (Phi) is 5.14. The lowest BCUT2D eigenvalue weighted by molar-refractivity contribution is 0.282. The van der Waals surface area contributed by atoms with Gasteiger partial charge in [-0.3, -0.25) is 4.90 Å². The van der Waals surface area contributed by atoms with Gasteiger partial charge in [-0.1, -0.05) is 18.5 Å². The van der Waals surface area contributed by atoms with Crippen LogP contribution in [-0.2, 0) is 10.0 Å². The Morgan fingerprint density at radius 2 is 2.10 bits per heavy atom. The number of nitrogens with two attached hydrogens (primary N) is 1. The van der Waals surface area contributed by atoms with Crippen LogP contribution in [0.3, 0.4) is 0 Å². The molecule has 0 saturated heterocycles. The second-order valence-corrected chi connectivity index (χ2v) is 7.55. The van der Waals surface area contributed by atoms with E-state index in [1.54, 1.807) is 13.0 Å². The van der Waals surface area contributed by atoms with E-state index in [1.807, 2.05) is 0 Å². The SMILES string of the molecule is CCN(CCNS(=O)(=O)c1cc(Cl)cc(N)c1C)C1CC1. The third-order valence-corrected chi connectivity index (χ3v) is 5.62. The van der Waals surface area contributed by atoms with Crippen LogP contribution in [0.4, 0.5) is 5.69 Å². The number of hydrogen-bond donors (Lipinski definition) is 2. The van der Waals surface area contributed by atoms with Crippen molar-refractivity contribution in [2.45, 2.75) is 37.6 Å². The lowest BCUT2D eigenvalue weighted by atomic mass is 10.2. The summed E-state index contributed by atoms with van der Waals surface area (Å²) in [6.07, 6.45) is 2.43. The van der Waals surface area contributed by atoms with Crippen molar-refractivity contribution in [1.29, 1.82) is 0 Å². The summed E-state index contributed by atoms with van der Waals surface area (Å²) in [5.74, 6) is 0. The standard InChI is InChI=1S/C14H22ClN3O2S/c1-3-18(12-4-5-12)7-6-17-21(19,20)14-9-11(15)8-13(16)10(14)2/h8-9,12,17H,3-7,16H2,1-2H3. The number of nitrogen functional groups attached to an aromatic ring is 1. The molecule has 2 rings (SSSR count). The second-order valence-electron chi connectivity index (χ2n) is 5.38. The maximum absolute atomic E-state index is 12.4. The van der Waals surface area contributed by atoms with Crippen LogP contribution in [0.2, 0.25) is 5.02 Å². The highest BCUT2D eigenvalue weighted by Crippen LogP contribution is 2.27. The topological polar surface area (TPSA) is 75.4 Å². The third-order valence-electron chi connectivity index (χ3n) is 3.82. The average Bonchev–Trinajstić information content (AvgIpc) is 3.23. The van der Waals surface area contributed by atoms with Crippen LogP contribution in [0, 0.1) is 6.92 Å². The van der Waals surface area contributed by atoms with Crippen molar-refractivity contribution < 1.29 is 8.42 Å². The minimum atomic E-state index is -3.59. The van der Waals surface area contributed by atoms with Crippen LogP contribution in [0.25, 0.3) is 0 Å². The number of halogens is 1. The van der Waals surface area contributed by atoms with E-state index in [4.69, 9.17) is 17.3 Å². The first-order valence-electron chi connectivity index (χ1n) is 7.14. The van der Waals surface area contributed by atoms with E-state index >= 15 is 0 Å². The predicted molar refractivity (Wildman–Crippen MR) is 86.1 cm³/mol. The molecule has 5 nitrogen and oxygen atoms in total. The highest BCUT2D eigenvalue weighted by molar-refractivity contribution is 7.89. The lowest BCUT2D eigenvalue weighted by Gasteiger charge is -2.20. The zero-order valence-electron chi connectivity index (χ0n) is 12.4. The van der Waals surface area contributed by atoms with Gasteiger partial charge < -0.3 is 5.73 Å². The van der Waals surface area contributed by atoms with E-state index in [0.29, 0.717) is 28.9 Å². The molecule has 0 aromatic heterocycles. The summed E-state index contributed by atoms with van der Waals surface area (Å²) in [4.78, 5) is 2.45. The molecule has 1 fully saturated rings. The van der Waals surface area contributed by atoms with E-state index in [0.717, 1.165) is 13.1 Å². The molecule has 7 heteroatoms. The van der Waals surface area contributed by atoms with Crippen LogP contribution < -0.4 is 10.5 Å². The normalized spacial score (nSPS) is 15.6. The number of rotatable bonds is 7. The summed E-state index contributed by atoms with van der Waals surface area (Å²) < 4.78 is 27.4. The Labute approximate surface area is 131 Å². The highest BCUT2D eigenvalue weighted by Gasteiger charge is 2.27. The number of sulfonamides is 1. The molecule has 21 heavy (non-hydrogen) atoms. The summed E-state index contributed by atoms with van der Waals surface area (Å²) in [6, 6.07) is 3.62.